The highest BCUT2D eigenvalue weighted by molar-refractivity contribution is 5.96. The van der Waals surface area contributed by atoms with Gasteiger partial charge in [0.15, 0.2) is 0 Å². The van der Waals surface area contributed by atoms with Crippen LogP contribution >= 0.6 is 0 Å². The van der Waals surface area contributed by atoms with E-state index in [1.165, 1.54) is 0 Å². The molecule has 1 fully saturated rings. The summed E-state index contributed by atoms with van der Waals surface area (Å²) in [6.07, 6.45) is 5.49. The molecule has 1 saturated heterocycles. The molecule has 3 heterocycles. The number of likely N-dealkylation sites (N-methyl/N-ethyl adjacent to an activating group) is 1. The largest absolute Gasteiger partial charge is 0.507 e. The first kappa shape index (κ1) is 17.8. The first-order chi connectivity index (χ1) is 13.1. The van der Waals surface area contributed by atoms with Gasteiger partial charge in [-0.2, -0.15) is 5.10 Å². The second-order valence-electron chi connectivity index (χ2n) is 7.23. The normalized spacial score (nSPS) is 18.1. The van der Waals surface area contributed by atoms with E-state index in [9.17, 15) is 5.11 Å². The van der Waals surface area contributed by atoms with E-state index >= 15 is 0 Å². The van der Waals surface area contributed by atoms with Gasteiger partial charge in [0.2, 0.25) is 0 Å². The molecule has 6 heteroatoms. The van der Waals surface area contributed by atoms with Crippen molar-refractivity contribution in [1.82, 2.24) is 20.1 Å². The molecule has 1 N–H and O–H groups in total. The number of aromatic nitrogens is 3. The number of fused-ring (bicyclic) bond motifs is 1. The van der Waals surface area contributed by atoms with Crippen molar-refractivity contribution in [2.45, 2.75) is 25.9 Å². The van der Waals surface area contributed by atoms with Gasteiger partial charge in [-0.05, 0) is 50.6 Å². The Labute approximate surface area is 158 Å². The highest BCUT2D eigenvalue weighted by Crippen LogP contribution is 2.33. The van der Waals surface area contributed by atoms with Gasteiger partial charge in [-0.1, -0.05) is 6.07 Å². The Morgan fingerprint density at radius 2 is 2.11 bits per heavy atom. The molecule has 4 rings (SSSR count). The Kier molecular flexibility index (Phi) is 5.01. The van der Waals surface area contributed by atoms with Crippen LogP contribution in [0.15, 0.2) is 36.7 Å². The maximum absolute atomic E-state index is 10.4. The second kappa shape index (κ2) is 7.58. The number of benzene rings is 1. The summed E-state index contributed by atoms with van der Waals surface area (Å²) in [7, 11) is 2.12. The number of ether oxygens (including phenoxy) is 1. The van der Waals surface area contributed by atoms with Crippen LogP contribution in [0.5, 0.6) is 5.75 Å². The summed E-state index contributed by atoms with van der Waals surface area (Å²) in [6.45, 7) is 4.66. The minimum absolute atomic E-state index is 0.216. The molecular formula is C21H24N4O2. The third kappa shape index (κ3) is 3.77. The van der Waals surface area contributed by atoms with E-state index < -0.39 is 0 Å². The minimum atomic E-state index is 0.216. The Morgan fingerprint density at radius 1 is 1.22 bits per heavy atom. The molecule has 0 spiro atoms. The highest BCUT2D eigenvalue weighted by Gasteiger charge is 2.19. The predicted octanol–water partition coefficient (Wildman–Crippen LogP) is 2.97. The van der Waals surface area contributed by atoms with Crippen LogP contribution in [-0.2, 0) is 11.2 Å². The fraction of sp³-hybridized carbons (Fsp3) is 0.381. The average molecular weight is 364 g/mol. The molecule has 140 valence electrons. The molecule has 0 amide bonds. The lowest BCUT2D eigenvalue weighted by molar-refractivity contribution is -0.0230. The lowest BCUT2D eigenvalue weighted by atomic mass is 10.0. The van der Waals surface area contributed by atoms with E-state index in [-0.39, 0.29) is 11.9 Å². The van der Waals surface area contributed by atoms with E-state index in [4.69, 9.17) is 4.74 Å². The summed E-state index contributed by atoms with van der Waals surface area (Å²) in [4.78, 5) is 6.58. The molecule has 1 unspecified atom stereocenters. The molecule has 3 aromatic rings. The third-order valence-electron chi connectivity index (χ3n) is 5.11. The van der Waals surface area contributed by atoms with Gasteiger partial charge in [-0.15, -0.1) is 5.10 Å². The zero-order valence-corrected chi connectivity index (χ0v) is 15.7. The summed E-state index contributed by atoms with van der Waals surface area (Å²) >= 11 is 0. The first-order valence-electron chi connectivity index (χ1n) is 9.31. The molecule has 0 saturated carbocycles. The number of phenols is 1. The van der Waals surface area contributed by atoms with E-state index in [2.05, 4.69) is 27.1 Å². The number of hydrogen-bond donors (Lipinski definition) is 1. The second-order valence-corrected chi connectivity index (χ2v) is 7.23. The monoisotopic (exact) mass is 364 g/mol. The van der Waals surface area contributed by atoms with Crippen molar-refractivity contribution in [3.63, 3.8) is 0 Å². The lowest BCUT2D eigenvalue weighted by Gasteiger charge is -2.30. The quantitative estimate of drug-likeness (QED) is 0.767. The van der Waals surface area contributed by atoms with Gasteiger partial charge < -0.3 is 14.7 Å². The number of nitrogens with zero attached hydrogens (tertiary/aromatic N) is 4. The molecule has 6 nitrogen and oxygen atoms in total. The Hall–Kier alpha value is -2.57. The van der Waals surface area contributed by atoms with Gasteiger partial charge in [0.1, 0.15) is 11.4 Å². The van der Waals surface area contributed by atoms with Crippen LogP contribution in [0.1, 0.15) is 17.7 Å². The van der Waals surface area contributed by atoms with Crippen LogP contribution in [0.3, 0.4) is 0 Å². The molecule has 1 atom stereocenters. The standard InChI is InChI=1S/C21H24N4O2/c1-14-3-5-17(20(26)11-14)21-16-7-8-22-12-18(16)19(23-24-21)6-4-15-13-25(2)9-10-27-15/h3,5,7-8,11-12,15,26H,4,6,9-10,13H2,1-2H3. The van der Waals surface area contributed by atoms with Gasteiger partial charge in [-0.25, -0.2) is 0 Å². The van der Waals surface area contributed by atoms with Gasteiger partial charge in [0, 0.05) is 41.8 Å². The average Bonchev–Trinajstić information content (AvgIpc) is 2.67. The van der Waals surface area contributed by atoms with Crippen LogP contribution < -0.4 is 0 Å². The highest BCUT2D eigenvalue weighted by atomic mass is 16.5. The molecule has 0 aliphatic carbocycles. The van der Waals surface area contributed by atoms with Crippen LogP contribution in [0, 0.1) is 6.92 Å². The van der Waals surface area contributed by atoms with Crippen molar-refractivity contribution in [1.29, 1.82) is 0 Å². The SMILES string of the molecule is Cc1ccc(-c2nnc(CCC3CN(C)CCO3)c3cnccc23)c(O)c1. The Bertz CT molecular complexity index is 960. The number of hydrogen-bond acceptors (Lipinski definition) is 6. The Balaban J connectivity index is 1.66. The molecular weight excluding hydrogens is 340 g/mol. The van der Waals surface area contributed by atoms with Crippen LogP contribution in [0.4, 0.5) is 0 Å². The predicted molar refractivity (Wildman–Crippen MR) is 105 cm³/mol. The molecule has 1 aliphatic heterocycles. The van der Waals surface area contributed by atoms with Crippen molar-refractivity contribution in [2.24, 2.45) is 0 Å². The number of rotatable bonds is 4. The van der Waals surface area contributed by atoms with Crippen molar-refractivity contribution < 1.29 is 9.84 Å². The summed E-state index contributed by atoms with van der Waals surface area (Å²) in [5.74, 6) is 0.216. The number of pyridine rings is 1. The maximum Gasteiger partial charge on any atom is 0.125 e. The summed E-state index contributed by atoms with van der Waals surface area (Å²) in [6, 6.07) is 7.54. The van der Waals surface area contributed by atoms with Crippen molar-refractivity contribution >= 4 is 10.8 Å². The smallest absolute Gasteiger partial charge is 0.125 e. The molecule has 1 aliphatic rings. The number of aromatic hydroxyl groups is 1. The van der Waals surface area contributed by atoms with Crippen LogP contribution in [0.2, 0.25) is 0 Å². The maximum atomic E-state index is 10.4. The first-order valence-corrected chi connectivity index (χ1v) is 9.31. The van der Waals surface area contributed by atoms with Crippen molar-refractivity contribution in [3.8, 4) is 17.0 Å². The molecule has 2 aromatic heterocycles. The zero-order chi connectivity index (χ0) is 18.8. The fourth-order valence-electron chi connectivity index (χ4n) is 3.61. The molecule has 0 bridgehead atoms. The number of phenolic OH excluding ortho intramolecular Hbond substituents is 1. The van der Waals surface area contributed by atoms with Crippen LogP contribution in [-0.4, -0.2) is 58.0 Å². The van der Waals surface area contributed by atoms with Gasteiger partial charge in [-0.3, -0.25) is 4.98 Å². The minimum Gasteiger partial charge on any atom is -0.507 e. The van der Waals surface area contributed by atoms with Gasteiger partial charge in [0.05, 0.1) is 18.4 Å². The topological polar surface area (TPSA) is 71.4 Å². The van der Waals surface area contributed by atoms with E-state index in [1.807, 2.05) is 31.3 Å². The van der Waals surface area contributed by atoms with Crippen molar-refractivity contribution in [3.05, 3.63) is 47.9 Å². The van der Waals surface area contributed by atoms with E-state index in [0.717, 1.165) is 54.6 Å². The van der Waals surface area contributed by atoms with Crippen LogP contribution in [0.25, 0.3) is 22.0 Å². The summed E-state index contributed by atoms with van der Waals surface area (Å²) in [5.41, 5.74) is 3.30. The summed E-state index contributed by atoms with van der Waals surface area (Å²) in [5, 5.41) is 21.2. The number of aryl methyl sites for hydroxylation is 2. The van der Waals surface area contributed by atoms with Gasteiger partial charge >= 0.3 is 0 Å². The Morgan fingerprint density at radius 3 is 2.93 bits per heavy atom. The van der Waals surface area contributed by atoms with Gasteiger partial charge in [0.25, 0.3) is 0 Å². The molecule has 27 heavy (non-hydrogen) atoms. The van der Waals surface area contributed by atoms with E-state index in [0.29, 0.717) is 11.3 Å². The third-order valence-corrected chi connectivity index (χ3v) is 5.11. The van der Waals surface area contributed by atoms with E-state index in [1.54, 1.807) is 12.3 Å². The molecule has 1 aromatic carbocycles. The van der Waals surface area contributed by atoms with Crippen molar-refractivity contribution in [2.75, 3.05) is 26.7 Å². The number of morpholine rings is 1. The summed E-state index contributed by atoms with van der Waals surface area (Å²) < 4.78 is 5.86. The zero-order valence-electron chi connectivity index (χ0n) is 15.7. The fourth-order valence-corrected chi connectivity index (χ4v) is 3.61. The lowest BCUT2D eigenvalue weighted by Crippen LogP contribution is -2.40. The molecule has 0 radical (unpaired) electrons.